The van der Waals surface area contributed by atoms with Gasteiger partial charge < -0.3 is 24.3 Å². The fraction of sp³-hybridized carbons (Fsp3) is 0.200. The lowest BCUT2D eigenvalue weighted by molar-refractivity contribution is -0.142. The monoisotopic (exact) mass is 449 g/mol. The zero-order chi connectivity index (χ0) is 20.5. The number of benzene rings is 2. The second-order valence-electron chi connectivity index (χ2n) is 5.45. The predicted molar refractivity (Wildman–Crippen MR) is 109 cm³/mol. The number of rotatable bonds is 8. The second-order valence-corrected chi connectivity index (χ2v) is 6.37. The molecule has 0 bridgehead atoms. The maximum Gasteiger partial charge on any atom is 0.331 e. The molecule has 8 heteroatoms. The molecule has 2 aromatic rings. The van der Waals surface area contributed by atoms with Crippen LogP contribution >= 0.6 is 15.9 Å². The summed E-state index contributed by atoms with van der Waals surface area (Å²) in [6.45, 7) is -0.394. The summed E-state index contributed by atoms with van der Waals surface area (Å²) in [6, 6.07) is 10.4. The van der Waals surface area contributed by atoms with Gasteiger partial charge in [-0.15, -0.1) is 0 Å². The number of hydrogen-bond acceptors (Lipinski definition) is 6. The summed E-state index contributed by atoms with van der Waals surface area (Å²) in [5.41, 5.74) is 1.25. The van der Waals surface area contributed by atoms with Crippen LogP contribution in [-0.2, 0) is 14.3 Å². The van der Waals surface area contributed by atoms with Gasteiger partial charge in [-0.3, -0.25) is 4.79 Å². The molecule has 0 radical (unpaired) electrons. The van der Waals surface area contributed by atoms with E-state index in [9.17, 15) is 9.59 Å². The fourth-order valence-electron chi connectivity index (χ4n) is 2.28. The largest absolute Gasteiger partial charge is 0.493 e. The van der Waals surface area contributed by atoms with Crippen molar-refractivity contribution in [1.29, 1.82) is 0 Å². The zero-order valence-electron chi connectivity index (χ0n) is 15.7. The summed E-state index contributed by atoms with van der Waals surface area (Å²) < 4.78 is 21.6. The minimum atomic E-state index is -0.653. The molecule has 0 fully saturated rings. The van der Waals surface area contributed by atoms with E-state index in [0.29, 0.717) is 28.5 Å². The summed E-state index contributed by atoms with van der Waals surface area (Å²) >= 11 is 3.31. The van der Waals surface area contributed by atoms with Crippen molar-refractivity contribution in [3.05, 3.63) is 52.5 Å². The second kappa shape index (κ2) is 10.4. The Morgan fingerprint density at radius 2 is 1.61 bits per heavy atom. The van der Waals surface area contributed by atoms with Gasteiger partial charge in [-0.1, -0.05) is 15.9 Å². The Balaban J connectivity index is 1.94. The molecule has 0 aliphatic heterocycles. The molecule has 148 valence electrons. The summed E-state index contributed by atoms with van der Waals surface area (Å²) in [7, 11) is 4.51. The number of anilines is 1. The van der Waals surface area contributed by atoms with Gasteiger partial charge in [0.1, 0.15) is 0 Å². The smallest absolute Gasteiger partial charge is 0.331 e. The van der Waals surface area contributed by atoms with E-state index in [4.69, 9.17) is 18.9 Å². The molecular weight excluding hydrogens is 430 g/mol. The van der Waals surface area contributed by atoms with E-state index in [1.165, 1.54) is 33.5 Å². The van der Waals surface area contributed by atoms with E-state index in [1.54, 1.807) is 36.4 Å². The quantitative estimate of drug-likeness (QED) is 0.488. The Hall–Kier alpha value is -3.00. The third kappa shape index (κ3) is 6.02. The van der Waals surface area contributed by atoms with Crippen LogP contribution in [0.5, 0.6) is 17.2 Å². The van der Waals surface area contributed by atoms with Gasteiger partial charge in [0.25, 0.3) is 5.91 Å². The van der Waals surface area contributed by atoms with E-state index in [1.807, 2.05) is 0 Å². The summed E-state index contributed by atoms with van der Waals surface area (Å²) in [6.07, 6.45) is 2.74. The van der Waals surface area contributed by atoms with E-state index < -0.39 is 18.5 Å². The lowest BCUT2D eigenvalue weighted by Crippen LogP contribution is -2.20. The molecule has 0 atom stereocenters. The molecule has 0 saturated carbocycles. The van der Waals surface area contributed by atoms with Gasteiger partial charge in [-0.2, -0.15) is 0 Å². The van der Waals surface area contributed by atoms with Crippen molar-refractivity contribution < 1.29 is 28.5 Å². The van der Waals surface area contributed by atoms with E-state index in [-0.39, 0.29) is 0 Å². The Bertz CT molecular complexity index is 838. The van der Waals surface area contributed by atoms with Gasteiger partial charge in [-0.25, -0.2) is 4.79 Å². The lowest BCUT2D eigenvalue weighted by Gasteiger charge is -2.12. The molecule has 7 nitrogen and oxygen atoms in total. The molecule has 0 aliphatic carbocycles. The standard InChI is InChI=1S/C20H20BrNO6/c1-25-16-10-13(11-17(26-2)20(16)27-3)4-9-19(24)28-12-18(23)22-15-7-5-14(21)6-8-15/h4-11H,12H2,1-3H3,(H,22,23). The summed E-state index contributed by atoms with van der Waals surface area (Å²) in [4.78, 5) is 23.7. The van der Waals surface area contributed by atoms with Crippen molar-refractivity contribution in [3.8, 4) is 17.2 Å². The first-order valence-corrected chi connectivity index (χ1v) is 8.96. The highest BCUT2D eigenvalue weighted by molar-refractivity contribution is 9.10. The van der Waals surface area contributed by atoms with Crippen LogP contribution in [0.4, 0.5) is 5.69 Å². The Kier molecular flexibility index (Phi) is 7.88. The molecule has 1 N–H and O–H groups in total. The lowest BCUT2D eigenvalue weighted by atomic mass is 10.1. The minimum absolute atomic E-state index is 0.394. The Labute approximate surface area is 171 Å². The molecule has 0 heterocycles. The molecule has 1 amide bonds. The third-order valence-corrected chi connectivity index (χ3v) is 4.10. The first kappa shape index (κ1) is 21.3. The maximum absolute atomic E-state index is 11.9. The van der Waals surface area contributed by atoms with Crippen molar-refractivity contribution in [2.75, 3.05) is 33.3 Å². The number of carbonyl (C=O) groups is 2. The van der Waals surface area contributed by atoms with Crippen LogP contribution in [0.2, 0.25) is 0 Å². The molecule has 0 spiro atoms. The number of methoxy groups -OCH3 is 3. The highest BCUT2D eigenvalue weighted by Gasteiger charge is 2.12. The number of hydrogen-bond donors (Lipinski definition) is 1. The van der Waals surface area contributed by atoms with Gasteiger partial charge in [0, 0.05) is 16.2 Å². The first-order chi connectivity index (χ1) is 13.5. The van der Waals surface area contributed by atoms with Crippen LogP contribution in [0, 0.1) is 0 Å². The van der Waals surface area contributed by atoms with E-state index in [0.717, 1.165) is 4.47 Å². The number of carbonyl (C=O) groups excluding carboxylic acids is 2. The molecule has 0 aromatic heterocycles. The number of halogens is 1. The van der Waals surface area contributed by atoms with Crippen LogP contribution in [-0.4, -0.2) is 39.8 Å². The number of amides is 1. The Morgan fingerprint density at radius 1 is 1.00 bits per heavy atom. The van der Waals surface area contributed by atoms with Crippen LogP contribution in [0.25, 0.3) is 6.08 Å². The van der Waals surface area contributed by atoms with Crippen LogP contribution < -0.4 is 19.5 Å². The van der Waals surface area contributed by atoms with Gasteiger partial charge in [-0.05, 0) is 48.0 Å². The van der Waals surface area contributed by atoms with E-state index in [2.05, 4.69) is 21.2 Å². The fourth-order valence-corrected chi connectivity index (χ4v) is 2.54. The van der Waals surface area contributed by atoms with Crippen molar-refractivity contribution >= 4 is 39.6 Å². The number of esters is 1. The van der Waals surface area contributed by atoms with Gasteiger partial charge >= 0.3 is 5.97 Å². The minimum Gasteiger partial charge on any atom is -0.493 e. The molecule has 2 aromatic carbocycles. The Morgan fingerprint density at radius 3 is 2.14 bits per heavy atom. The average Bonchev–Trinajstić information content (AvgIpc) is 2.71. The van der Waals surface area contributed by atoms with Crippen molar-refractivity contribution in [1.82, 2.24) is 0 Å². The zero-order valence-corrected chi connectivity index (χ0v) is 17.2. The third-order valence-electron chi connectivity index (χ3n) is 3.57. The molecule has 0 unspecified atom stereocenters. The van der Waals surface area contributed by atoms with Gasteiger partial charge in [0.15, 0.2) is 18.1 Å². The molecular formula is C20H20BrNO6. The van der Waals surface area contributed by atoms with E-state index >= 15 is 0 Å². The predicted octanol–water partition coefficient (Wildman–Crippen LogP) is 3.67. The van der Waals surface area contributed by atoms with Gasteiger partial charge in [0.2, 0.25) is 5.75 Å². The molecule has 28 heavy (non-hydrogen) atoms. The highest BCUT2D eigenvalue weighted by atomic mass is 79.9. The molecule has 0 aliphatic rings. The average molecular weight is 450 g/mol. The van der Waals surface area contributed by atoms with Crippen LogP contribution in [0.15, 0.2) is 46.9 Å². The SMILES string of the molecule is COc1cc(C=CC(=O)OCC(=O)Nc2ccc(Br)cc2)cc(OC)c1OC. The summed E-state index contributed by atoms with van der Waals surface area (Å²) in [5, 5.41) is 2.63. The highest BCUT2D eigenvalue weighted by Crippen LogP contribution is 2.38. The molecule has 0 saturated heterocycles. The number of nitrogens with one attached hydrogen (secondary N) is 1. The van der Waals surface area contributed by atoms with Crippen molar-refractivity contribution in [2.24, 2.45) is 0 Å². The summed E-state index contributed by atoms with van der Waals surface area (Å²) in [5.74, 6) is 0.290. The number of ether oxygens (including phenoxy) is 4. The topological polar surface area (TPSA) is 83.1 Å². The first-order valence-electron chi connectivity index (χ1n) is 8.17. The van der Waals surface area contributed by atoms with Crippen molar-refractivity contribution in [3.63, 3.8) is 0 Å². The maximum atomic E-state index is 11.9. The molecule has 2 rings (SSSR count). The van der Waals surface area contributed by atoms with Crippen LogP contribution in [0.1, 0.15) is 5.56 Å². The van der Waals surface area contributed by atoms with Gasteiger partial charge in [0.05, 0.1) is 21.3 Å². The van der Waals surface area contributed by atoms with Crippen molar-refractivity contribution in [2.45, 2.75) is 0 Å². The van der Waals surface area contributed by atoms with Crippen LogP contribution in [0.3, 0.4) is 0 Å². The normalized spacial score (nSPS) is 10.4.